The number of hydrogen-bond donors (Lipinski definition) is 1. The first kappa shape index (κ1) is 16.3. The molecule has 21 heavy (non-hydrogen) atoms. The maximum absolute atomic E-state index is 12.1. The highest BCUT2D eigenvalue weighted by Crippen LogP contribution is 2.20. The van der Waals surface area contributed by atoms with Gasteiger partial charge in [0.05, 0.1) is 13.2 Å². The highest BCUT2D eigenvalue weighted by molar-refractivity contribution is 6.30. The van der Waals surface area contributed by atoms with Crippen LogP contribution in [-0.2, 0) is 9.53 Å². The summed E-state index contributed by atoms with van der Waals surface area (Å²) in [6.45, 7) is 5.54. The van der Waals surface area contributed by atoms with Crippen LogP contribution in [0, 0.1) is 0 Å². The van der Waals surface area contributed by atoms with E-state index < -0.39 is 0 Å². The van der Waals surface area contributed by atoms with Crippen molar-refractivity contribution < 1.29 is 9.53 Å². The summed E-state index contributed by atoms with van der Waals surface area (Å²) in [5.41, 5.74) is 1.17. The molecule has 1 unspecified atom stereocenters. The molecule has 0 spiro atoms. The second-order valence-corrected chi connectivity index (χ2v) is 5.65. The summed E-state index contributed by atoms with van der Waals surface area (Å²) in [6, 6.07) is 8.12. The average molecular weight is 311 g/mol. The summed E-state index contributed by atoms with van der Waals surface area (Å²) >= 11 is 6.03. The van der Waals surface area contributed by atoms with Crippen molar-refractivity contribution in [1.82, 2.24) is 10.2 Å². The van der Waals surface area contributed by atoms with Crippen molar-refractivity contribution in [1.29, 1.82) is 0 Å². The molecule has 0 saturated carbocycles. The standard InChI is InChI=1S/C16H23ClN2O2/c1-2-15(13-4-3-5-14(17)12-13)18-7-6-16(20)19-8-10-21-11-9-19/h3-5,12,15,18H,2,6-11H2,1H3. The number of carbonyl (C=O) groups is 1. The SMILES string of the molecule is CCC(NCCC(=O)N1CCOCC1)c1cccc(Cl)c1. The number of nitrogens with one attached hydrogen (secondary N) is 1. The molecule has 5 heteroatoms. The number of rotatable bonds is 6. The molecule has 0 aliphatic carbocycles. The van der Waals surface area contributed by atoms with Gasteiger partial charge in [-0.05, 0) is 24.1 Å². The molecule has 0 radical (unpaired) electrons. The van der Waals surface area contributed by atoms with Crippen LogP contribution >= 0.6 is 11.6 Å². The molecule has 1 saturated heterocycles. The zero-order chi connectivity index (χ0) is 15.1. The molecule has 1 heterocycles. The number of nitrogens with zero attached hydrogens (tertiary/aromatic N) is 1. The smallest absolute Gasteiger partial charge is 0.224 e. The zero-order valence-corrected chi connectivity index (χ0v) is 13.2. The third kappa shape index (κ3) is 4.99. The van der Waals surface area contributed by atoms with Crippen molar-refractivity contribution >= 4 is 17.5 Å². The maximum Gasteiger partial charge on any atom is 0.224 e. The Kier molecular flexibility index (Phi) is 6.49. The number of morpholine rings is 1. The summed E-state index contributed by atoms with van der Waals surface area (Å²) in [5, 5.41) is 4.19. The minimum absolute atomic E-state index is 0.201. The van der Waals surface area contributed by atoms with Crippen LogP contribution in [0.1, 0.15) is 31.4 Å². The lowest BCUT2D eigenvalue weighted by atomic mass is 10.0. The minimum atomic E-state index is 0.201. The van der Waals surface area contributed by atoms with E-state index in [4.69, 9.17) is 16.3 Å². The molecule has 1 aliphatic rings. The van der Waals surface area contributed by atoms with E-state index in [1.165, 1.54) is 5.56 Å². The van der Waals surface area contributed by atoms with Crippen molar-refractivity contribution in [2.45, 2.75) is 25.8 Å². The molecule has 0 bridgehead atoms. The van der Waals surface area contributed by atoms with E-state index in [0.717, 1.165) is 11.4 Å². The van der Waals surface area contributed by atoms with Crippen LogP contribution in [0.3, 0.4) is 0 Å². The molecule has 1 fully saturated rings. The van der Waals surface area contributed by atoms with Crippen molar-refractivity contribution in [3.63, 3.8) is 0 Å². The van der Waals surface area contributed by atoms with E-state index in [1.807, 2.05) is 23.1 Å². The first-order valence-electron chi connectivity index (χ1n) is 7.55. The predicted molar refractivity (Wildman–Crippen MR) is 84.5 cm³/mol. The van der Waals surface area contributed by atoms with Crippen LogP contribution in [-0.4, -0.2) is 43.7 Å². The molecule has 2 rings (SSSR count). The normalized spacial score (nSPS) is 16.8. The Morgan fingerprint density at radius 1 is 1.43 bits per heavy atom. The molecule has 1 atom stereocenters. The molecule has 1 aromatic carbocycles. The highest BCUT2D eigenvalue weighted by Gasteiger charge is 2.17. The van der Waals surface area contributed by atoms with Crippen molar-refractivity contribution in [2.75, 3.05) is 32.8 Å². The van der Waals surface area contributed by atoms with Crippen LogP contribution in [0.2, 0.25) is 5.02 Å². The van der Waals surface area contributed by atoms with Crippen molar-refractivity contribution in [2.24, 2.45) is 0 Å². The molecular weight excluding hydrogens is 288 g/mol. The Hall–Kier alpha value is -1.10. The van der Waals surface area contributed by atoms with Crippen LogP contribution in [0.5, 0.6) is 0 Å². The van der Waals surface area contributed by atoms with Crippen LogP contribution < -0.4 is 5.32 Å². The lowest BCUT2D eigenvalue weighted by Crippen LogP contribution is -2.41. The topological polar surface area (TPSA) is 41.6 Å². The third-order valence-electron chi connectivity index (χ3n) is 3.75. The fraction of sp³-hybridized carbons (Fsp3) is 0.562. The zero-order valence-electron chi connectivity index (χ0n) is 12.5. The van der Waals surface area contributed by atoms with Crippen LogP contribution in [0.25, 0.3) is 0 Å². The molecule has 116 valence electrons. The van der Waals surface area contributed by atoms with E-state index in [1.54, 1.807) is 0 Å². The van der Waals surface area contributed by atoms with E-state index in [2.05, 4.69) is 18.3 Å². The lowest BCUT2D eigenvalue weighted by Gasteiger charge is -2.27. The van der Waals surface area contributed by atoms with E-state index in [-0.39, 0.29) is 11.9 Å². The van der Waals surface area contributed by atoms with Gasteiger partial charge in [0, 0.05) is 37.1 Å². The van der Waals surface area contributed by atoms with Gasteiger partial charge in [-0.1, -0.05) is 30.7 Å². The van der Waals surface area contributed by atoms with Crippen molar-refractivity contribution in [3.8, 4) is 0 Å². The summed E-state index contributed by atoms with van der Waals surface area (Å²) in [6.07, 6.45) is 1.49. The number of benzene rings is 1. The maximum atomic E-state index is 12.1. The molecular formula is C16H23ClN2O2. The number of carbonyl (C=O) groups excluding carboxylic acids is 1. The minimum Gasteiger partial charge on any atom is -0.378 e. The van der Waals surface area contributed by atoms with Gasteiger partial charge >= 0.3 is 0 Å². The van der Waals surface area contributed by atoms with Gasteiger partial charge in [0.1, 0.15) is 0 Å². The van der Waals surface area contributed by atoms with Crippen LogP contribution in [0.4, 0.5) is 0 Å². The first-order valence-corrected chi connectivity index (χ1v) is 7.93. The van der Waals surface area contributed by atoms with Gasteiger partial charge in [0.15, 0.2) is 0 Å². The largest absolute Gasteiger partial charge is 0.378 e. The number of ether oxygens (including phenoxy) is 1. The summed E-state index contributed by atoms with van der Waals surface area (Å²) in [7, 11) is 0. The van der Waals surface area contributed by atoms with Crippen molar-refractivity contribution in [3.05, 3.63) is 34.9 Å². The van der Waals surface area contributed by atoms with Gasteiger partial charge in [0.2, 0.25) is 5.91 Å². The number of halogens is 1. The quantitative estimate of drug-likeness (QED) is 0.878. The fourth-order valence-electron chi connectivity index (χ4n) is 2.55. The first-order chi connectivity index (χ1) is 10.2. The molecule has 1 aromatic rings. The van der Waals surface area contributed by atoms with Gasteiger partial charge in [-0.25, -0.2) is 0 Å². The van der Waals surface area contributed by atoms with E-state index in [9.17, 15) is 4.79 Å². The monoisotopic (exact) mass is 310 g/mol. The average Bonchev–Trinajstić information content (AvgIpc) is 2.52. The second-order valence-electron chi connectivity index (χ2n) is 5.21. The van der Waals surface area contributed by atoms with E-state index in [0.29, 0.717) is 39.3 Å². The molecule has 1 amide bonds. The number of amides is 1. The Morgan fingerprint density at radius 3 is 2.86 bits per heavy atom. The van der Waals surface area contributed by atoms with Crippen LogP contribution in [0.15, 0.2) is 24.3 Å². The third-order valence-corrected chi connectivity index (χ3v) is 3.99. The molecule has 4 nitrogen and oxygen atoms in total. The van der Waals surface area contributed by atoms with Gasteiger partial charge in [-0.3, -0.25) is 4.79 Å². The molecule has 1 aliphatic heterocycles. The Morgan fingerprint density at radius 2 is 2.19 bits per heavy atom. The Bertz CT molecular complexity index is 461. The summed E-state index contributed by atoms with van der Waals surface area (Å²) < 4.78 is 5.26. The summed E-state index contributed by atoms with van der Waals surface area (Å²) in [4.78, 5) is 13.9. The highest BCUT2D eigenvalue weighted by atomic mass is 35.5. The Balaban J connectivity index is 1.79. The van der Waals surface area contributed by atoms with Gasteiger partial charge in [-0.15, -0.1) is 0 Å². The van der Waals surface area contributed by atoms with E-state index >= 15 is 0 Å². The second kappa shape index (κ2) is 8.37. The molecule has 0 aromatic heterocycles. The summed E-state index contributed by atoms with van der Waals surface area (Å²) in [5.74, 6) is 0.201. The fourth-order valence-corrected chi connectivity index (χ4v) is 2.74. The lowest BCUT2D eigenvalue weighted by molar-refractivity contribution is -0.135. The molecule has 1 N–H and O–H groups in total. The van der Waals surface area contributed by atoms with Gasteiger partial charge < -0.3 is 15.0 Å². The van der Waals surface area contributed by atoms with Gasteiger partial charge in [-0.2, -0.15) is 0 Å². The Labute approximate surface area is 131 Å². The number of hydrogen-bond acceptors (Lipinski definition) is 3. The predicted octanol–water partition coefficient (Wildman–Crippen LogP) is 2.63. The van der Waals surface area contributed by atoms with Gasteiger partial charge in [0.25, 0.3) is 0 Å².